The zero-order valence-corrected chi connectivity index (χ0v) is 28.7. The van der Waals surface area contributed by atoms with Crippen LogP contribution in [0.4, 0.5) is 0 Å². The average Bonchev–Trinajstić information content (AvgIpc) is 3.30. The van der Waals surface area contributed by atoms with E-state index in [0.717, 1.165) is 5.57 Å². The quantitative estimate of drug-likeness (QED) is 0.191. The molecular weight excluding hydrogens is 582 g/mol. The number of aliphatic hydroxyl groups is 1. The average molecular weight is 638 g/mol. The van der Waals surface area contributed by atoms with Gasteiger partial charge in [0.15, 0.2) is 12.1 Å². The van der Waals surface area contributed by atoms with Crippen LogP contribution < -0.4 is 0 Å². The van der Waals surface area contributed by atoms with E-state index in [1.54, 1.807) is 20.8 Å². The van der Waals surface area contributed by atoms with Crippen molar-refractivity contribution < 1.29 is 48.0 Å². The molecule has 11 heteroatoms. The summed E-state index contributed by atoms with van der Waals surface area (Å²) in [6.07, 6.45) is -2.66. The van der Waals surface area contributed by atoms with Crippen LogP contribution in [0.1, 0.15) is 74.7 Å². The molecule has 0 radical (unpaired) electrons. The Morgan fingerprint density at radius 3 is 2.29 bits per heavy atom. The molecule has 3 aliphatic rings. The van der Waals surface area contributed by atoms with Crippen molar-refractivity contribution in [3.63, 3.8) is 0 Å². The van der Waals surface area contributed by atoms with E-state index < -0.39 is 77.1 Å². The van der Waals surface area contributed by atoms with Crippen molar-refractivity contribution in [2.75, 3.05) is 27.3 Å². The molecule has 0 aromatic heterocycles. The van der Waals surface area contributed by atoms with Crippen molar-refractivity contribution in [2.24, 2.45) is 29.6 Å². The van der Waals surface area contributed by atoms with Gasteiger partial charge in [0.2, 0.25) is 0 Å². The number of fused-ring (bicyclic) bond motifs is 1. The molecule has 1 N–H and O–H groups in total. The van der Waals surface area contributed by atoms with E-state index in [1.165, 1.54) is 6.92 Å². The number of carbonyl (C=O) groups excluding carboxylic acids is 4. The molecule has 11 nitrogen and oxygen atoms in total. The Hall–Kier alpha value is -2.02. The van der Waals surface area contributed by atoms with Crippen molar-refractivity contribution in [2.45, 2.75) is 123 Å². The van der Waals surface area contributed by atoms with Crippen molar-refractivity contribution in [3.8, 4) is 0 Å². The van der Waals surface area contributed by atoms with Gasteiger partial charge in [-0.05, 0) is 66.6 Å². The first-order chi connectivity index (χ1) is 20.9. The Morgan fingerprint density at radius 2 is 1.71 bits per heavy atom. The summed E-state index contributed by atoms with van der Waals surface area (Å²) in [5.41, 5.74) is -1.67. The number of hydrogen-bond donors (Lipinski definition) is 1. The summed E-state index contributed by atoms with van der Waals surface area (Å²) in [5, 5.41) is 11.3. The Kier molecular flexibility index (Phi) is 12.3. The molecule has 0 aromatic rings. The van der Waals surface area contributed by atoms with Crippen molar-refractivity contribution >= 4 is 23.8 Å². The van der Waals surface area contributed by atoms with E-state index in [4.69, 9.17) is 23.7 Å². The van der Waals surface area contributed by atoms with Crippen LogP contribution in [0.2, 0.25) is 0 Å². The highest BCUT2D eigenvalue weighted by atomic mass is 16.7. The van der Waals surface area contributed by atoms with Gasteiger partial charge in [0.1, 0.15) is 42.4 Å². The lowest BCUT2D eigenvalue weighted by Crippen LogP contribution is -2.59. The van der Waals surface area contributed by atoms with Crippen LogP contribution in [0.3, 0.4) is 0 Å². The molecule has 0 saturated carbocycles. The topological polar surface area (TPSA) is 138 Å². The number of nitrogens with zero attached hydrogens (tertiary/aromatic N) is 1. The Bertz CT molecular complexity index is 1110. The van der Waals surface area contributed by atoms with Crippen LogP contribution in [-0.4, -0.2) is 109 Å². The van der Waals surface area contributed by atoms with Crippen LogP contribution >= 0.6 is 0 Å². The van der Waals surface area contributed by atoms with Gasteiger partial charge in [-0.25, -0.2) is 0 Å². The van der Waals surface area contributed by atoms with Gasteiger partial charge in [-0.3, -0.25) is 14.4 Å². The third kappa shape index (κ3) is 7.60. The fourth-order valence-corrected chi connectivity index (χ4v) is 7.88. The molecule has 3 saturated heterocycles. The fraction of sp³-hybridized carbons (Fsp3) is 0.824. The summed E-state index contributed by atoms with van der Waals surface area (Å²) in [7, 11) is 3.71. The normalized spacial score (nSPS) is 44.0. The maximum Gasteiger partial charge on any atom is 0.316 e. The van der Waals surface area contributed by atoms with E-state index in [0.29, 0.717) is 19.1 Å². The Morgan fingerprint density at radius 1 is 1.07 bits per heavy atom. The van der Waals surface area contributed by atoms with Gasteiger partial charge in [-0.1, -0.05) is 34.3 Å². The van der Waals surface area contributed by atoms with Crippen LogP contribution in [0.5, 0.6) is 0 Å². The third-order valence-electron chi connectivity index (χ3n) is 10.4. The molecule has 256 valence electrons. The molecule has 3 aliphatic heterocycles. The summed E-state index contributed by atoms with van der Waals surface area (Å²) in [6, 6.07) is -0.289. The van der Waals surface area contributed by atoms with Gasteiger partial charge < -0.3 is 38.5 Å². The summed E-state index contributed by atoms with van der Waals surface area (Å²) in [6.45, 7) is 18.1. The number of ether oxygens (including phenoxy) is 5. The first-order valence-electron chi connectivity index (χ1n) is 16.3. The van der Waals surface area contributed by atoms with Crippen LogP contribution in [0, 0.1) is 29.6 Å². The minimum atomic E-state index is -1.38. The second-order valence-corrected chi connectivity index (χ2v) is 14.1. The largest absolute Gasteiger partial charge is 0.459 e. The highest BCUT2D eigenvalue weighted by Crippen LogP contribution is 2.46. The van der Waals surface area contributed by atoms with Crippen molar-refractivity contribution in [1.29, 1.82) is 0 Å². The van der Waals surface area contributed by atoms with E-state index in [2.05, 4.69) is 6.58 Å². The molecule has 3 rings (SSSR count). The lowest BCUT2D eigenvalue weighted by Gasteiger charge is -2.47. The minimum absolute atomic E-state index is 0.0848. The van der Waals surface area contributed by atoms with Crippen molar-refractivity contribution in [1.82, 2.24) is 4.90 Å². The molecule has 45 heavy (non-hydrogen) atoms. The molecule has 0 bridgehead atoms. The predicted molar refractivity (Wildman–Crippen MR) is 166 cm³/mol. The standard InChI is InChI=1S/C34H55NO10/c1-12-25-34(9)26(19(3)17-42-34)21(5)27(37)18(2)16-33(8,41-14-13-36)30(22(6)28(38)23(7)31(40)44-25)45-32-29(39)24(35(10)11)15-20(4)43-32/h13,18,20-26,29-30,32,39H,3,12,14-17H2,1-2,4-11H3/t18?,20-,21?,22+,23?,24+,25-,26+,29-,30-,32+,33-,34-/m1/s1. The summed E-state index contributed by atoms with van der Waals surface area (Å²) in [5.74, 6) is -5.01. The molecule has 0 aliphatic carbocycles. The van der Waals surface area contributed by atoms with Gasteiger partial charge in [0.25, 0.3) is 0 Å². The summed E-state index contributed by atoms with van der Waals surface area (Å²) >= 11 is 0. The number of hydrogen-bond acceptors (Lipinski definition) is 11. The summed E-state index contributed by atoms with van der Waals surface area (Å²) in [4.78, 5) is 55.3. The van der Waals surface area contributed by atoms with Gasteiger partial charge in [-0.2, -0.15) is 0 Å². The Balaban J connectivity index is 2.14. The lowest BCUT2D eigenvalue weighted by molar-refractivity contribution is -0.296. The van der Waals surface area contributed by atoms with Gasteiger partial charge in [0, 0.05) is 29.7 Å². The summed E-state index contributed by atoms with van der Waals surface area (Å²) < 4.78 is 31.0. The monoisotopic (exact) mass is 637 g/mol. The van der Waals surface area contributed by atoms with Crippen molar-refractivity contribution in [3.05, 3.63) is 12.2 Å². The second-order valence-electron chi connectivity index (χ2n) is 14.1. The minimum Gasteiger partial charge on any atom is -0.459 e. The van der Waals surface area contributed by atoms with E-state index >= 15 is 0 Å². The first kappa shape index (κ1) is 37.4. The highest BCUT2D eigenvalue weighted by Gasteiger charge is 2.55. The van der Waals surface area contributed by atoms with Gasteiger partial charge >= 0.3 is 5.97 Å². The number of esters is 1. The predicted octanol–water partition coefficient (Wildman–Crippen LogP) is 3.14. The first-order valence-corrected chi connectivity index (χ1v) is 16.3. The fourth-order valence-electron chi connectivity index (χ4n) is 7.88. The van der Waals surface area contributed by atoms with Crippen LogP contribution in [0.15, 0.2) is 12.2 Å². The van der Waals surface area contributed by atoms with Crippen LogP contribution in [-0.2, 0) is 42.9 Å². The van der Waals surface area contributed by atoms with E-state index in [9.17, 15) is 24.3 Å². The molecule has 3 fully saturated rings. The molecular formula is C34H55NO10. The molecule has 13 atom stereocenters. The number of likely N-dealkylation sites (N-methyl/N-ethyl adjacent to an activating group) is 1. The lowest BCUT2D eigenvalue weighted by atomic mass is 9.69. The SMILES string of the molecule is C=C1CO[C@]2(C)[C@@H](CC)OC(=O)C(C)C(=O)[C@H](C)[C@@H](O[C@@H]3O[C@H](C)C[C@H](N(C)C)[C@H]3O)[C@](C)(OCC=O)CC(C)C(=O)C(C)[C@H]12. The zero-order valence-electron chi connectivity index (χ0n) is 28.7. The van der Waals surface area contributed by atoms with Gasteiger partial charge in [-0.15, -0.1) is 0 Å². The zero-order chi connectivity index (χ0) is 34.0. The molecule has 0 aromatic carbocycles. The molecule has 3 unspecified atom stereocenters. The molecule has 3 heterocycles. The second kappa shape index (κ2) is 14.8. The molecule has 0 amide bonds. The van der Waals surface area contributed by atoms with Gasteiger partial charge in [0.05, 0.1) is 24.4 Å². The number of carbonyl (C=O) groups is 4. The van der Waals surface area contributed by atoms with Crippen LogP contribution in [0.25, 0.3) is 0 Å². The third-order valence-corrected chi connectivity index (χ3v) is 10.4. The number of aldehydes is 1. The molecule has 0 spiro atoms. The van der Waals surface area contributed by atoms with E-state index in [1.807, 2.05) is 46.7 Å². The number of aliphatic hydroxyl groups excluding tert-OH is 1. The van der Waals surface area contributed by atoms with E-state index in [-0.39, 0.29) is 37.6 Å². The highest BCUT2D eigenvalue weighted by molar-refractivity contribution is 6.00. The maximum absolute atomic E-state index is 14.2. The Labute approximate surface area is 268 Å². The smallest absolute Gasteiger partial charge is 0.316 e. The number of rotatable bonds is 7. The number of ketones is 2. The number of cyclic esters (lactones) is 1. The number of Topliss-reactive ketones (excluding diaryl/α,β-unsaturated/α-hetero) is 2. The maximum atomic E-state index is 14.2.